The van der Waals surface area contributed by atoms with Crippen molar-refractivity contribution in [3.8, 4) is 0 Å². The smallest absolute Gasteiger partial charge is 0.295 e. The van der Waals surface area contributed by atoms with Gasteiger partial charge in [-0.1, -0.05) is 6.92 Å². The van der Waals surface area contributed by atoms with Crippen molar-refractivity contribution in [3.05, 3.63) is 5.82 Å². The topological polar surface area (TPSA) is 50.1 Å². The van der Waals surface area contributed by atoms with Gasteiger partial charge >= 0.3 is 12.3 Å². The Kier molecular flexibility index (Phi) is 5.68. The minimum Gasteiger partial charge on any atom is -0.295 e. The maximum absolute atomic E-state index is 13.0. The quantitative estimate of drug-likeness (QED) is 0.703. The Morgan fingerprint density at radius 1 is 1.14 bits per heavy atom. The third-order valence-corrected chi connectivity index (χ3v) is 3.63. The van der Waals surface area contributed by atoms with Crippen LogP contribution in [0.15, 0.2) is 0 Å². The molecule has 0 bridgehead atoms. The highest BCUT2D eigenvalue weighted by atomic mass is 19.3. The Morgan fingerprint density at radius 3 is 2.36 bits per heavy atom. The van der Waals surface area contributed by atoms with Gasteiger partial charge < -0.3 is 0 Å². The zero-order valence-electron chi connectivity index (χ0n) is 12.4. The van der Waals surface area contributed by atoms with E-state index in [2.05, 4.69) is 15.5 Å². The van der Waals surface area contributed by atoms with Crippen molar-refractivity contribution in [2.45, 2.75) is 38.8 Å². The summed E-state index contributed by atoms with van der Waals surface area (Å²) in [4.78, 5) is 3.41. The van der Waals surface area contributed by atoms with Crippen LogP contribution in [0.3, 0.4) is 0 Å². The van der Waals surface area contributed by atoms with Gasteiger partial charge in [-0.15, -0.1) is 5.10 Å². The number of halogens is 4. The molecule has 1 aromatic rings. The van der Waals surface area contributed by atoms with Crippen molar-refractivity contribution in [3.63, 3.8) is 0 Å². The van der Waals surface area contributed by atoms with Crippen molar-refractivity contribution in [2.24, 2.45) is 0 Å². The molecule has 0 saturated carbocycles. The first-order valence-electron chi connectivity index (χ1n) is 7.28. The van der Waals surface area contributed by atoms with Crippen molar-refractivity contribution < 1.29 is 17.6 Å². The molecule has 0 aliphatic carbocycles. The maximum atomic E-state index is 13.0. The van der Waals surface area contributed by atoms with Gasteiger partial charge in [0.25, 0.3) is 0 Å². The molecule has 1 aliphatic heterocycles. The van der Waals surface area contributed by atoms with Gasteiger partial charge in [-0.05, 0) is 16.8 Å². The molecule has 1 aromatic heterocycles. The molecule has 6 nitrogen and oxygen atoms in total. The molecule has 1 fully saturated rings. The summed E-state index contributed by atoms with van der Waals surface area (Å²) in [6, 6.07) is 0. The normalized spacial score (nSPS) is 18.3. The molecule has 2 rings (SSSR count). The summed E-state index contributed by atoms with van der Waals surface area (Å²) in [5.41, 5.74) is 0. The van der Waals surface area contributed by atoms with E-state index >= 15 is 0 Å². The Bertz CT molecular complexity index is 458. The predicted octanol–water partition coefficient (Wildman–Crippen LogP) is 1.10. The lowest BCUT2D eigenvalue weighted by Crippen LogP contribution is -2.51. The highest BCUT2D eigenvalue weighted by Gasteiger charge is 2.42. The number of alkyl halides is 4. The lowest BCUT2D eigenvalue weighted by atomic mass is 10.2. The number of aryl methyl sites for hydroxylation is 1. The number of piperazine rings is 1. The number of aromatic nitrogens is 4. The molecule has 0 aromatic carbocycles. The summed E-state index contributed by atoms with van der Waals surface area (Å²) < 4.78 is 52.2. The predicted molar refractivity (Wildman–Crippen MR) is 70.8 cm³/mol. The van der Waals surface area contributed by atoms with Crippen LogP contribution in [0.2, 0.25) is 0 Å². The summed E-state index contributed by atoms with van der Waals surface area (Å²) in [5, 5.41) is 11.5. The fraction of sp³-hybridized carbons (Fsp3) is 0.917. The third kappa shape index (κ3) is 4.35. The Labute approximate surface area is 126 Å². The summed E-state index contributed by atoms with van der Waals surface area (Å²) in [6.45, 7) is 4.10. The lowest BCUT2D eigenvalue weighted by Gasteiger charge is -2.35. The standard InChI is InChI=1S/C12H20F4N6/c1-2-3-22-10(17-18-19-22)8-20-4-6-21(7-5-20)9-12(15,16)11(13)14/h11H,2-9H2,1H3. The molecular weight excluding hydrogens is 304 g/mol. The van der Waals surface area contributed by atoms with E-state index in [-0.39, 0.29) is 0 Å². The van der Waals surface area contributed by atoms with Crippen LogP contribution in [0.5, 0.6) is 0 Å². The molecule has 0 amide bonds. The van der Waals surface area contributed by atoms with Crippen LogP contribution in [-0.2, 0) is 13.1 Å². The van der Waals surface area contributed by atoms with E-state index in [1.807, 2.05) is 11.8 Å². The summed E-state index contributed by atoms with van der Waals surface area (Å²) in [6.07, 6.45) is -2.71. The molecule has 1 saturated heterocycles. The van der Waals surface area contributed by atoms with Gasteiger partial charge in [0, 0.05) is 32.7 Å². The third-order valence-electron chi connectivity index (χ3n) is 3.63. The zero-order chi connectivity index (χ0) is 16.2. The molecule has 0 spiro atoms. The molecule has 0 unspecified atom stereocenters. The van der Waals surface area contributed by atoms with E-state index in [1.54, 1.807) is 4.68 Å². The molecule has 0 radical (unpaired) electrons. The molecule has 10 heteroatoms. The van der Waals surface area contributed by atoms with E-state index in [0.29, 0.717) is 32.7 Å². The van der Waals surface area contributed by atoms with Crippen LogP contribution in [0.1, 0.15) is 19.2 Å². The van der Waals surface area contributed by atoms with E-state index in [9.17, 15) is 17.6 Å². The molecule has 126 valence electrons. The van der Waals surface area contributed by atoms with Crippen LogP contribution in [0.25, 0.3) is 0 Å². The second kappa shape index (κ2) is 7.32. The molecule has 1 aliphatic rings. The molecular formula is C12H20F4N6. The van der Waals surface area contributed by atoms with Gasteiger partial charge in [-0.25, -0.2) is 13.5 Å². The molecule has 2 heterocycles. The fourth-order valence-corrected chi connectivity index (χ4v) is 2.39. The Hall–Kier alpha value is -1.29. The minimum absolute atomic E-state index is 0.331. The van der Waals surface area contributed by atoms with Crippen molar-refractivity contribution >= 4 is 0 Å². The molecule has 0 N–H and O–H groups in total. The average Bonchev–Trinajstić information content (AvgIpc) is 2.88. The lowest BCUT2D eigenvalue weighted by molar-refractivity contribution is -0.145. The van der Waals surface area contributed by atoms with Gasteiger partial charge in [-0.3, -0.25) is 9.80 Å². The van der Waals surface area contributed by atoms with Crippen molar-refractivity contribution in [2.75, 3.05) is 32.7 Å². The van der Waals surface area contributed by atoms with E-state index in [0.717, 1.165) is 18.8 Å². The second-order valence-electron chi connectivity index (χ2n) is 5.43. The molecule has 0 atom stereocenters. The average molecular weight is 324 g/mol. The first-order valence-corrected chi connectivity index (χ1v) is 7.28. The van der Waals surface area contributed by atoms with E-state index in [1.165, 1.54) is 4.90 Å². The highest BCUT2D eigenvalue weighted by Crippen LogP contribution is 2.24. The van der Waals surface area contributed by atoms with Gasteiger partial charge in [0.05, 0.1) is 13.1 Å². The SMILES string of the molecule is CCCn1nnnc1CN1CCN(CC(F)(F)C(F)F)CC1. The second-order valence-corrected chi connectivity index (χ2v) is 5.43. The first kappa shape index (κ1) is 17.1. The van der Waals surface area contributed by atoms with Crippen molar-refractivity contribution in [1.29, 1.82) is 0 Å². The minimum atomic E-state index is -3.95. The van der Waals surface area contributed by atoms with Gasteiger partial charge in [0.1, 0.15) is 0 Å². The largest absolute Gasteiger partial charge is 0.319 e. The fourth-order valence-electron chi connectivity index (χ4n) is 2.39. The zero-order valence-corrected chi connectivity index (χ0v) is 12.4. The Morgan fingerprint density at radius 2 is 1.77 bits per heavy atom. The first-order chi connectivity index (χ1) is 10.4. The summed E-state index contributed by atoms with van der Waals surface area (Å²) in [7, 11) is 0. The maximum Gasteiger partial charge on any atom is 0.319 e. The number of nitrogens with zero attached hydrogens (tertiary/aromatic N) is 6. The van der Waals surface area contributed by atoms with E-state index in [4.69, 9.17) is 0 Å². The number of hydrogen-bond acceptors (Lipinski definition) is 5. The van der Waals surface area contributed by atoms with Crippen LogP contribution < -0.4 is 0 Å². The van der Waals surface area contributed by atoms with Gasteiger partial charge in [0.15, 0.2) is 5.82 Å². The highest BCUT2D eigenvalue weighted by molar-refractivity contribution is 4.85. The van der Waals surface area contributed by atoms with Crippen LogP contribution in [0.4, 0.5) is 17.6 Å². The summed E-state index contributed by atoms with van der Waals surface area (Å²) >= 11 is 0. The van der Waals surface area contributed by atoms with Crippen LogP contribution in [0, 0.1) is 0 Å². The summed E-state index contributed by atoms with van der Waals surface area (Å²) in [5.74, 6) is -3.22. The number of hydrogen-bond donors (Lipinski definition) is 0. The number of tetrazole rings is 1. The Balaban J connectivity index is 1.81. The monoisotopic (exact) mass is 324 g/mol. The van der Waals surface area contributed by atoms with E-state index < -0.39 is 18.9 Å². The van der Waals surface area contributed by atoms with Gasteiger partial charge in [-0.2, -0.15) is 8.78 Å². The van der Waals surface area contributed by atoms with Crippen LogP contribution in [-0.4, -0.2) is 75.1 Å². The van der Waals surface area contributed by atoms with Crippen LogP contribution >= 0.6 is 0 Å². The van der Waals surface area contributed by atoms with Gasteiger partial charge in [0.2, 0.25) is 0 Å². The van der Waals surface area contributed by atoms with Crippen molar-refractivity contribution in [1.82, 2.24) is 30.0 Å². The number of rotatable bonds is 7. The molecule has 22 heavy (non-hydrogen) atoms.